The lowest BCUT2D eigenvalue weighted by atomic mass is 10.5. The fourth-order valence-corrected chi connectivity index (χ4v) is 5.53. The Morgan fingerprint density at radius 3 is 1.86 bits per heavy atom. The van der Waals surface area contributed by atoms with E-state index in [1.807, 2.05) is 27.7 Å². The van der Waals surface area contributed by atoms with Crippen molar-refractivity contribution in [2.75, 3.05) is 0 Å². The Balaban J connectivity index is 2.62. The summed E-state index contributed by atoms with van der Waals surface area (Å²) in [5.41, 5.74) is 0. The van der Waals surface area contributed by atoms with Crippen molar-refractivity contribution in [2.24, 2.45) is 0 Å². The lowest BCUT2D eigenvalue weighted by Crippen LogP contribution is -2.42. The second kappa shape index (κ2) is 5.37. The van der Waals surface area contributed by atoms with Crippen LogP contribution in [0.1, 0.15) is 27.7 Å². The van der Waals surface area contributed by atoms with Crippen LogP contribution in [-0.2, 0) is 19.0 Å². The SMILES string of the molecule is CC(C)OS(OC(C)C)=[P+]1NC(=S)N1. The maximum absolute atomic E-state index is 5.66. The molecule has 0 aromatic carbocycles. The van der Waals surface area contributed by atoms with Crippen molar-refractivity contribution < 1.29 is 8.37 Å². The summed E-state index contributed by atoms with van der Waals surface area (Å²) in [6, 6.07) is 0. The minimum Gasteiger partial charge on any atom is -0.261 e. The normalized spacial score (nSPS) is 15.9. The number of hydrogen-bond donors (Lipinski definition) is 2. The molecule has 0 aromatic rings. The molecular weight excluding hydrogens is 239 g/mol. The highest BCUT2D eigenvalue weighted by Gasteiger charge is 2.35. The predicted octanol–water partition coefficient (Wildman–Crippen LogP) is 1.99. The monoisotopic (exact) mass is 255 g/mol. The first-order valence-electron chi connectivity index (χ1n) is 4.45. The molecule has 0 spiro atoms. The molecule has 0 atom stereocenters. The minimum atomic E-state index is -0.623. The average Bonchev–Trinajstić information content (AvgIpc) is 1.95. The highest BCUT2D eigenvalue weighted by atomic mass is 32.5. The van der Waals surface area contributed by atoms with Crippen molar-refractivity contribution in [3.8, 4) is 0 Å². The van der Waals surface area contributed by atoms with Crippen LogP contribution in [0.25, 0.3) is 0 Å². The van der Waals surface area contributed by atoms with Crippen LogP contribution in [0.3, 0.4) is 0 Å². The van der Waals surface area contributed by atoms with Gasteiger partial charge < -0.3 is 0 Å². The number of rotatable bonds is 4. The molecule has 0 amide bonds. The van der Waals surface area contributed by atoms with Crippen LogP contribution < -0.4 is 10.2 Å². The smallest absolute Gasteiger partial charge is 0.261 e. The Hall–Kier alpha value is 0.260. The first kappa shape index (κ1) is 12.3. The van der Waals surface area contributed by atoms with Crippen LogP contribution in [0.2, 0.25) is 0 Å². The van der Waals surface area contributed by atoms with E-state index in [4.69, 9.17) is 20.6 Å². The molecule has 1 heterocycles. The molecule has 82 valence electrons. The van der Waals surface area contributed by atoms with Crippen LogP contribution in [-0.4, -0.2) is 17.3 Å². The van der Waals surface area contributed by atoms with E-state index in [2.05, 4.69) is 10.2 Å². The summed E-state index contributed by atoms with van der Waals surface area (Å²) in [4.78, 5) is 0. The molecule has 0 radical (unpaired) electrons. The molecule has 1 aliphatic rings. The van der Waals surface area contributed by atoms with Gasteiger partial charge in [0.05, 0.1) is 12.2 Å². The third kappa shape index (κ3) is 3.79. The molecule has 4 nitrogen and oxygen atoms in total. The zero-order chi connectivity index (χ0) is 10.7. The molecule has 0 bridgehead atoms. The number of thiocarbonyl (C=S) groups is 1. The van der Waals surface area contributed by atoms with Crippen LogP contribution >= 0.6 is 19.2 Å². The van der Waals surface area contributed by atoms with Gasteiger partial charge in [0.2, 0.25) is 5.11 Å². The van der Waals surface area contributed by atoms with Gasteiger partial charge in [-0.1, -0.05) is 0 Å². The van der Waals surface area contributed by atoms with Crippen LogP contribution in [0.5, 0.6) is 0 Å². The Kier molecular flexibility index (Phi) is 4.73. The van der Waals surface area contributed by atoms with Crippen molar-refractivity contribution in [2.45, 2.75) is 39.9 Å². The lowest BCUT2D eigenvalue weighted by molar-refractivity contribution is 0.202. The van der Waals surface area contributed by atoms with Gasteiger partial charge >= 0.3 is 17.6 Å². The maximum Gasteiger partial charge on any atom is 0.425 e. The molecule has 2 N–H and O–H groups in total. The largest absolute Gasteiger partial charge is 0.425 e. The van der Waals surface area contributed by atoms with Crippen LogP contribution in [0, 0.1) is 0 Å². The Morgan fingerprint density at radius 1 is 1.14 bits per heavy atom. The van der Waals surface area contributed by atoms with Gasteiger partial charge in [0.15, 0.2) is 0 Å². The summed E-state index contributed by atoms with van der Waals surface area (Å²) in [7, 11) is -0.508. The second-order valence-electron chi connectivity index (χ2n) is 3.35. The Labute approximate surface area is 93.6 Å². The first-order valence-corrected chi connectivity index (χ1v) is 7.88. The summed E-state index contributed by atoms with van der Waals surface area (Å²) in [6.45, 7) is 7.37. The quantitative estimate of drug-likeness (QED) is 0.594. The van der Waals surface area contributed by atoms with Gasteiger partial charge in [-0.05, 0) is 39.9 Å². The van der Waals surface area contributed by atoms with E-state index in [-0.39, 0.29) is 12.2 Å². The molecule has 1 aliphatic heterocycles. The van der Waals surface area contributed by atoms with Crippen LogP contribution in [0.15, 0.2) is 0 Å². The Bertz CT molecular complexity index is 246. The highest BCUT2D eigenvalue weighted by molar-refractivity contribution is 8.21. The minimum absolute atomic E-state index is 0.164. The predicted molar refractivity (Wildman–Crippen MR) is 65.6 cm³/mol. The van der Waals surface area contributed by atoms with E-state index in [1.54, 1.807) is 0 Å². The highest BCUT2D eigenvalue weighted by Crippen LogP contribution is 2.28. The van der Waals surface area contributed by atoms with Crippen molar-refractivity contribution in [1.82, 2.24) is 10.2 Å². The van der Waals surface area contributed by atoms with Crippen molar-refractivity contribution in [1.29, 1.82) is 0 Å². The second-order valence-corrected chi connectivity index (χ2v) is 7.61. The van der Waals surface area contributed by atoms with E-state index < -0.39 is 17.6 Å². The molecule has 1 fully saturated rings. The average molecular weight is 255 g/mol. The summed E-state index contributed by atoms with van der Waals surface area (Å²) < 4.78 is 11.3. The fourth-order valence-electron chi connectivity index (χ4n) is 0.697. The summed E-state index contributed by atoms with van der Waals surface area (Å²) >= 11 is 4.89. The molecule has 0 aliphatic carbocycles. The third-order valence-corrected chi connectivity index (χ3v) is 5.82. The van der Waals surface area contributed by atoms with Gasteiger partial charge in [-0.2, -0.15) is 10.2 Å². The zero-order valence-corrected chi connectivity index (χ0v) is 11.3. The summed E-state index contributed by atoms with van der Waals surface area (Å²) in [6.07, 6.45) is 0.328. The lowest BCUT2D eigenvalue weighted by Gasteiger charge is -2.15. The fraction of sp³-hybridized carbons (Fsp3) is 0.857. The van der Waals surface area contributed by atoms with Gasteiger partial charge in [0, 0.05) is 0 Å². The number of nitrogens with one attached hydrogen (secondary N) is 2. The van der Waals surface area contributed by atoms with Crippen LogP contribution in [0.4, 0.5) is 0 Å². The molecular formula is C7H16N2O2PS2+. The van der Waals surface area contributed by atoms with Gasteiger partial charge in [-0.3, -0.25) is 8.37 Å². The molecule has 1 rings (SSSR count). The number of hydrogen-bond acceptors (Lipinski definition) is 3. The molecule has 0 saturated carbocycles. The molecule has 0 aromatic heterocycles. The maximum atomic E-state index is 5.66. The zero-order valence-electron chi connectivity index (χ0n) is 8.73. The molecule has 7 heteroatoms. The van der Waals surface area contributed by atoms with Crippen molar-refractivity contribution in [3.05, 3.63) is 0 Å². The molecule has 1 saturated heterocycles. The van der Waals surface area contributed by atoms with E-state index in [1.165, 1.54) is 0 Å². The molecule has 14 heavy (non-hydrogen) atoms. The van der Waals surface area contributed by atoms with Gasteiger partial charge in [-0.25, -0.2) is 0 Å². The van der Waals surface area contributed by atoms with E-state index in [0.29, 0.717) is 5.11 Å². The van der Waals surface area contributed by atoms with E-state index >= 15 is 0 Å². The van der Waals surface area contributed by atoms with Gasteiger partial charge in [-0.15, -0.1) is 0 Å². The first-order chi connectivity index (χ1) is 6.49. The topological polar surface area (TPSA) is 42.5 Å². The summed E-state index contributed by atoms with van der Waals surface area (Å²) in [5.74, 6) is 0. The standard InChI is InChI=1S/C7H15N2O2PS2/c1-5(2)10-14(11-6(3)4)12-8-7(13)9-12/h5-6H,1-4H3,(H-,8,9,13)/p+1. The summed E-state index contributed by atoms with van der Waals surface area (Å²) in [5, 5.41) is 6.89. The van der Waals surface area contributed by atoms with Crippen molar-refractivity contribution >= 4 is 35.0 Å². The van der Waals surface area contributed by atoms with E-state index in [9.17, 15) is 0 Å². The Morgan fingerprint density at radius 2 is 1.57 bits per heavy atom. The van der Waals surface area contributed by atoms with E-state index in [0.717, 1.165) is 0 Å². The van der Waals surface area contributed by atoms with Gasteiger partial charge in [0.25, 0.3) is 0 Å². The van der Waals surface area contributed by atoms with Crippen molar-refractivity contribution in [3.63, 3.8) is 0 Å². The van der Waals surface area contributed by atoms with Gasteiger partial charge in [0.1, 0.15) is 0 Å². The molecule has 0 unspecified atom stereocenters. The third-order valence-electron chi connectivity index (χ3n) is 1.10.